The van der Waals surface area contributed by atoms with Crippen LogP contribution in [-0.4, -0.2) is 0 Å². The van der Waals surface area contributed by atoms with Crippen LogP contribution in [0.4, 0.5) is 5.69 Å². The predicted molar refractivity (Wildman–Crippen MR) is 77.9 cm³/mol. The third-order valence-corrected chi connectivity index (χ3v) is 3.59. The van der Waals surface area contributed by atoms with Gasteiger partial charge in [0.1, 0.15) is 0 Å². The summed E-state index contributed by atoms with van der Waals surface area (Å²) in [5.74, 6) is 0. The molecule has 0 saturated carbocycles. The van der Waals surface area contributed by atoms with Gasteiger partial charge in [0.15, 0.2) is 0 Å². The van der Waals surface area contributed by atoms with E-state index in [-0.39, 0.29) is 0 Å². The van der Waals surface area contributed by atoms with E-state index >= 15 is 0 Å². The van der Waals surface area contributed by atoms with Gasteiger partial charge in [-0.3, -0.25) is 0 Å². The predicted octanol–water partition coefficient (Wildman–Crippen LogP) is 5.37. The van der Waals surface area contributed by atoms with E-state index in [4.69, 9.17) is 23.2 Å². The quantitative estimate of drug-likeness (QED) is 0.797. The standard InChI is InChI=1S/C13H10BrCl2N/c14-10-2-4-11(5-3-10)17-8-9-1-6-12(15)13(16)7-9/h1-7,17H,8H2. The van der Waals surface area contributed by atoms with Crippen LogP contribution >= 0.6 is 39.1 Å². The topological polar surface area (TPSA) is 12.0 Å². The molecule has 88 valence electrons. The molecule has 0 atom stereocenters. The lowest BCUT2D eigenvalue weighted by Gasteiger charge is -2.07. The van der Waals surface area contributed by atoms with Crippen LogP contribution in [0.15, 0.2) is 46.9 Å². The summed E-state index contributed by atoms with van der Waals surface area (Å²) in [5, 5.41) is 4.48. The molecule has 0 bridgehead atoms. The van der Waals surface area contributed by atoms with Gasteiger partial charge in [-0.05, 0) is 42.0 Å². The van der Waals surface area contributed by atoms with Gasteiger partial charge in [-0.2, -0.15) is 0 Å². The number of hydrogen-bond donors (Lipinski definition) is 1. The summed E-state index contributed by atoms with van der Waals surface area (Å²) in [6.45, 7) is 0.721. The Hall–Kier alpha value is -0.700. The molecule has 1 N–H and O–H groups in total. The highest BCUT2D eigenvalue weighted by atomic mass is 79.9. The number of halogens is 3. The lowest BCUT2D eigenvalue weighted by atomic mass is 10.2. The molecule has 0 aromatic heterocycles. The summed E-state index contributed by atoms with van der Waals surface area (Å²) >= 11 is 15.2. The fraction of sp³-hybridized carbons (Fsp3) is 0.0769. The van der Waals surface area contributed by atoms with Crippen molar-refractivity contribution < 1.29 is 0 Å². The van der Waals surface area contributed by atoms with E-state index in [1.54, 1.807) is 0 Å². The van der Waals surface area contributed by atoms with Crippen molar-refractivity contribution in [2.75, 3.05) is 5.32 Å². The zero-order chi connectivity index (χ0) is 12.3. The largest absolute Gasteiger partial charge is 0.381 e. The Labute approximate surface area is 119 Å². The number of nitrogens with one attached hydrogen (secondary N) is 1. The first kappa shape index (κ1) is 12.7. The van der Waals surface area contributed by atoms with Crippen LogP contribution < -0.4 is 5.32 Å². The van der Waals surface area contributed by atoms with Gasteiger partial charge in [0, 0.05) is 16.7 Å². The number of anilines is 1. The van der Waals surface area contributed by atoms with Crippen molar-refractivity contribution in [3.63, 3.8) is 0 Å². The van der Waals surface area contributed by atoms with E-state index < -0.39 is 0 Å². The molecule has 0 heterocycles. The van der Waals surface area contributed by atoms with Crippen molar-refractivity contribution >= 4 is 44.8 Å². The van der Waals surface area contributed by atoms with E-state index in [1.165, 1.54) is 0 Å². The van der Waals surface area contributed by atoms with Gasteiger partial charge in [0.25, 0.3) is 0 Å². The molecule has 0 radical (unpaired) electrons. The van der Waals surface area contributed by atoms with E-state index in [0.29, 0.717) is 10.0 Å². The highest BCUT2D eigenvalue weighted by Gasteiger charge is 1.99. The first-order valence-corrected chi connectivity index (χ1v) is 6.63. The van der Waals surface area contributed by atoms with Crippen LogP contribution in [0.3, 0.4) is 0 Å². The Kier molecular flexibility index (Phi) is 4.32. The highest BCUT2D eigenvalue weighted by Crippen LogP contribution is 2.23. The first-order chi connectivity index (χ1) is 8.15. The minimum Gasteiger partial charge on any atom is -0.381 e. The third-order valence-electron chi connectivity index (χ3n) is 2.32. The lowest BCUT2D eigenvalue weighted by Crippen LogP contribution is -1.98. The van der Waals surface area contributed by atoms with Crippen LogP contribution in [0, 0.1) is 0 Å². The average molecular weight is 331 g/mol. The zero-order valence-electron chi connectivity index (χ0n) is 8.88. The third kappa shape index (κ3) is 3.63. The van der Waals surface area contributed by atoms with Crippen molar-refractivity contribution in [2.45, 2.75) is 6.54 Å². The summed E-state index contributed by atoms with van der Waals surface area (Å²) in [7, 11) is 0. The number of benzene rings is 2. The Bertz CT molecular complexity index is 511. The summed E-state index contributed by atoms with van der Waals surface area (Å²) in [4.78, 5) is 0. The minimum atomic E-state index is 0.582. The van der Waals surface area contributed by atoms with Crippen LogP contribution in [0.5, 0.6) is 0 Å². The van der Waals surface area contributed by atoms with Crippen molar-refractivity contribution in [3.05, 3.63) is 62.5 Å². The van der Waals surface area contributed by atoms with Gasteiger partial charge in [0.05, 0.1) is 10.0 Å². The average Bonchev–Trinajstić information content (AvgIpc) is 2.33. The van der Waals surface area contributed by atoms with Crippen LogP contribution in [-0.2, 0) is 6.54 Å². The van der Waals surface area contributed by atoms with Crippen LogP contribution in [0.1, 0.15) is 5.56 Å². The second kappa shape index (κ2) is 5.76. The van der Waals surface area contributed by atoms with Crippen molar-refractivity contribution in [2.24, 2.45) is 0 Å². The zero-order valence-corrected chi connectivity index (χ0v) is 12.0. The minimum absolute atomic E-state index is 0.582. The molecular formula is C13H10BrCl2N. The molecule has 1 nitrogen and oxygen atoms in total. The second-order valence-electron chi connectivity index (χ2n) is 3.61. The molecule has 0 saturated heterocycles. The molecule has 0 unspecified atom stereocenters. The smallest absolute Gasteiger partial charge is 0.0595 e. The molecule has 17 heavy (non-hydrogen) atoms. The van der Waals surface area contributed by atoms with Gasteiger partial charge >= 0.3 is 0 Å². The molecule has 2 aromatic carbocycles. The van der Waals surface area contributed by atoms with Crippen molar-refractivity contribution in [1.29, 1.82) is 0 Å². The van der Waals surface area contributed by atoms with E-state index in [0.717, 1.165) is 22.3 Å². The van der Waals surface area contributed by atoms with Gasteiger partial charge in [-0.15, -0.1) is 0 Å². The fourth-order valence-corrected chi connectivity index (χ4v) is 2.01. The highest BCUT2D eigenvalue weighted by molar-refractivity contribution is 9.10. The normalized spacial score (nSPS) is 10.3. The Morgan fingerprint density at radius 1 is 0.941 bits per heavy atom. The molecular weight excluding hydrogens is 321 g/mol. The molecule has 0 aliphatic rings. The van der Waals surface area contributed by atoms with Gasteiger partial charge < -0.3 is 5.32 Å². The second-order valence-corrected chi connectivity index (χ2v) is 5.34. The SMILES string of the molecule is Clc1ccc(CNc2ccc(Br)cc2)cc1Cl. The maximum Gasteiger partial charge on any atom is 0.0595 e. The van der Waals surface area contributed by atoms with Gasteiger partial charge in [0.2, 0.25) is 0 Å². The maximum absolute atomic E-state index is 5.95. The molecule has 0 aliphatic carbocycles. The molecule has 0 amide bonds. The monoisotopic (exact) mass is 329 g/mol. The molecule has 2 aromatic rings. The summed E-state index contributed by atoms with van der Waals surface area (Å²) < 4.78 is 1.07. The van der Waals surface area contributed by atoms with Gasteiger partial charge in [-0.25, -0.2) is 0 Å². The Morgan fingerprint density at radius 3 is 2.29 bits per heavy atom. The lowest BCUT2D eigenvalue weighted by molar-refractivity contribution is 1.15. The molecule has 0 fully saturated rings. The number of rotatable bonds is 3. The van der Waals surface area contributed by atoms with Crippen LogP contribution in [0.2, 0.25) is 10.0 Å². The molecule has 4 heteroatoms. The van der Waals surface area contributed by atoms with E-state index in [1.807, 2.05) is 42.5 Å². The maximum atomic E-state index is 5.95. The molecule has 0 spiro atoms. The van der Waals surface area contributed by atoms with Gasteiger partial charge in [-0.1, -0.05) is 45.2 Å². The fourth-order valence-electron chi connectivity index (χ4n) is 1.42. The van der Waals surface area contributed by atoms with E-state index in [2.05, 4.69) is 21.2 Å². The number of hydrogen-bond acceptors (Lipinski definition) is 1. The Morgan fingerprint density at radius 2 is 1.65 bits per heavy atom. The van der Waals surface area contributed by atoms with E-state index in [9.17, 15) is 0 Å². The summed E-state index contributed by atoms with van der Waals surface area (Å²) in [6, 6.07) is 13.7. The Balaban J connectivity index is 2.02. The van der Waals surface area contributed by atoms with Crippen LogP contribution in [0.25, 0.3) is 0 Å². The van der Waals surface area contributed by atoms with Crippen molar-refractivity contribution in [1.82, 2.24) is 0 Å². The molecule has 2 rings (SSSR count). The summed E-state index contributed by atoms with van der Waals surface area (Å²) in [6.07, 6.45) is 0. The molecule has 0 aliphatic heterocycles. The summed E-state index contributed by atoms with van der Waals surface area (Å²) in [5.41, 5.74) is 2.17. The first-order valence-electron chi connectivity index (χ1n) is 5.08. The van der Waals surface area contributed by atoms with Crippen molar-refractivity contribution in [3.8, 4) is 0 Å².